The summed E-state index contributed by atoms with van der Waals surface area (Å²) in [5.41, 5.74) is -0.156. The molecule has 106 valence electrons. The lowest BCUT2D eigenvalue weighted by Crippen LogP contribution is -2.15. The number of hydrogen-bond donors (Lipinski definition) is 1. The van der Waals surface area contributed by atoms with Gasteiger partial charge in [-0.3, -0.25) is 0 Å². The molecule has 1 aromatic rings. The van der Waals surface area contributed by atoms with Gasteiger partial charge in [-0.25, -0.2) is 0 Å². The van der Waals surface area contributed by atoms with Crippen LogP contribution in [0.1, 0.15) is 24.5 Å². The second-order valence-electron chi connectivity index (χ2n) is 4.10. The van der Waals surface area contributed by atoms with Crippen LogP contribution in [0.3, 0.4) is 0 Å². The number of nitrogens with one attached hydrogen (secondary N) is 1. The Bertz CT molecular complexity index is 416. The summed E-state index contributed by atoms with van der Waals surface area (Å²) in [4.78, 5) is 0. The van der Waals surface area contributed by atoms with Crippen molar-refractivity contribution in [2.45, 2.75) is 26.1 Å². The van der Waals surface area contributed by atoms with Crippen molar-refractivity contribution >= 4 is 0 Å². The van der Waals surface area contributed by atoms with Crippen LogP contribution < -0.4 is 10.1 Å². The van der Waals surface area contributed by atoms with E-state index in [-0.39, 0.29) is 12.4 Å². The second kappa shape index (κ2) is 7.19. The minimum absolute atomic E-state index is 0.0521. The first-order valence-electron chi connectivity index (χ1n) is 6.13. The third kappa shape index (κ3) is 4.95. The zero-order valence-electron chi connectivity index (χ0n) is 10.9. The first kappa shape index (κ1) is 15.6. The topological polar surface area (TPSA) is 21.3 Å². The van der Waals surface area contributed by atoms with Crippen molar-refractivity contribution in [3.63, 3.8) is 0 Å². The molecule has 0 aromatic heterocycles. The molecule has 0 saturated heterocycles. The van der Waals surface area contributed by atoms with Crippen molar-refractivity contribution in [2.75, 3.05) is 13.2 Å². The van der Waals surface area contributed by atoms with Crippen molar-refractivity contribution in [2.24, 2.45) is 0 Å². The highest BCUT2D eigenvalue weighted by Gasteiger charge is 2.34. The van der Waals surface area contributed by atoms with Crippen molar-refractivity contribution in [1.82, 2.24) is 5.32 Å². The van der Waals surface area contributed by atoms with Crippen molar-refractivity contribution < 1.29 is 17.9 Å². The Hall–Kier alpha value is -1.49. The molecule has 1 rings (SSSR count). The number of halogens is 3. The molecule has 0 heterocycles. The maximum absolute atomic E-state index is 12.9. The van der Waals surface area contributed by atoms with E-state index in [0.29, 0.717) is 12.1 Å². The van der Waals surface area contributed by atoms with Gasteiger partial charge in [0, 0.05) is 6.54 Å². The smallest absolute Gasteiger partial charge is 0.419 e. The van der Waals surface area contributed by atoms with Crippen LogP contribution in [-0.2, 0) is 12.7 Å². The average Bonchev–Trinajstić information content (AvgIpc) is 2.36. The van der Waals surface area contributed by atoms with Gasteiger partial charge < -0.3 is 10.1 Å². The standard InChI is InChI=1S/C14H18F3NO/c1-3-7-18-10-11-5-6-13(19-8-4-2)12(9-11)14(15,16)17/h4-6,9,18H,2-3,7-8,10H2,1H3. The van der Waals surface area contributed by atoms with Crippen molar-refractivity contribution in [1.29, 1.82) is 0 Å². The SMILES string of the molecule is C=CCOc1ccc(CNCCC)cc1C(F)(F)F. The third-order valence-corrected chi connectivity index (χ3v) is 2.46. The van der Waals surface area contributed by atoms with Crippen LogP contribution in [0.4, 0.5) is 13.2 Å². The molecule has 2 nitrogen and oxygen atoms in total. The molecule has 1 N–H and O–H groups in total. The molecule has 0 amide bonds. The Labute approximate surface area is 111 Å². The molecule has 0 bridgehead atoms. The maximum Gasteiger partial charge on any atom is 0.419 e. The fourth-order valence-electron chi connectivity index (χ4n) is 1.59. The average molecular weight is 273 g/mol. The monoisotopic (exact) mass is 273 g/mol. The van der Waals surface area contributed by atoms with Crippen LogP contribution in [0.25, 0.3) is 0 Å². The van der Waals surface area contributed by atoms with Gasteiger partial charge in [0.05, 0.1) is 5.56 Å². The molecular weight excluding hydrogens is 255 g/mol. The first-order chi connectivity index (χ1) is 8.99. The molecule has 0 spiro atoms. The molecule has 0 aliphatic rings. The molecule has 19 heavy (non-hydrogen) atoms. The van der Waals surface area contributed by atoms with Gasteiger partial charge >= 0.3 is 6.18 Å². The summed E-state index contributed by atoms with van der Waals surface area (Å²) in [6.45, 7) is 6.66. The zero-order valence-corrected chi connectivity index (χ0v) is 10.9. The van der Waals surface area contributed by atoms with Gasteiger partial charge in [0.1, 0.15) is 12.4 Å². The zero-order chi connectivity index (χ0) is 14.3. The largest absolute Gasteiger partial charge is 0.489 e. The van der Waals surface area contributed by atoms with Crippen LogP contribution >= 0.6 is 0 Å². The Morgan fingerprint density at radius 3 is 2.68 bits per heavy atom. The van der Waals surface area contributed by atoms with E-state index in [1.807, 2.05) is 6.92 Å². The Morgan fingerprint density at radius 1 is 1.37 bits per heavy atom. The summed E-state index contributed by atoms with van der Waals surface area (Å²) in [6.07, 6.45) is -2.07. The Morgan fingerprint density at radius 2 is 2.11 bits per heavy atom. The number of hydrogen-bond acceptors (Lipinski definition) is 2. The summed E-state index contributed by atoms with van der Waals surface area (Å²) in [5, 5.41) is 3.07. The quantitative estimate of drug-likeness (QED) is 0.603. The molecule has 1 aromatic carbocycles. The van der Waals surface area contributed by atoms with Gasteiger partial charge in [0.15, 0.2) is 0 Å². The summed E-state index contributed by atoms with van der Waals surface area (Å²) in [5.74, 6) is -0.161. The molecule has 0 radical (unpaired) electrons. The molecule has 5 heteroatoms. The van der Waals surface area contributed by atoms with Gasteiger partial charge in [0.2, 0.25) is 0 Å². The molecule has 0 saturated carbocycles. The highest BCUT2D eigenvalue weighted by Crippen LogP contribution is 2.36. The Balaban J connectivity index is 2.91. The summed E-state index contributed by atoms with van der Waals surface area (Å²) in [6, 6.07) is 4.12. The van der Waals surface area contributed by atoms with Gasteiger partial charge in [-0.2, -0.15) is 13.2 Å². The maximum atomic E-state index is 12.9. The molecule has 0 aliphatic carbocycles. The minimum atomic E-state index is -4.42. The van der Waals surface area contributed by atoms with E-state index >= 15 is 0 Å². The van der Waals surface area contributed by atoms with Crippen LogP contribution in [0, 0.1) is 0 Å². The minimum Gasteiger partial charge on any atom is -0.489 e. The lowest BCUT2D eigenvalue weighted by atomic mass is 10.1. The molecule has 0 unspecified atom stereocenters. The van der Waals surface area contributed by atoms with Crippen LogP contribution in [0.15, 0.2) is 30.9 Å². The molecule has 0 atom stereocenters. The third-order valence-electron chi connectivity index (χ3n) is 2.46. The normalized spacial score (nSPS) is 11.4. The van der Waals surface area contributed by atoms with E-state index in [4.69, 9.17) is 4.74 Å². The first-order valence-corrected chi connectivity index (χ1v) is 6.13. The van der Waals surface area contributed by atoms with Crippen molar-refractivity contribution in [3.8, 4) is 5.75 Å². The van der Waals surface area contributed by atoms with Crippen LogP contribution in [-0.4, -0.2) is 13.2 Å². The van der Waals surface area contributed by atoms with E-state index in [1.165, 1.54) is 12.1 Å². The van der Waals surface area contributed by atoms with Crippen LogP contribution in [0.2, 0.25) is 0 Å². The highest BCUT2D eigenvalue weighted by molar-refractivity contribution is 5.39. The lowest BCUT2D eigenvalue weighted by Gasteiger charge is -2.15. The molecule has 0 aliphatic heterocycles. The van der Waals surface area contributed by atoms with E-state index in [9.17, 15) is 13.2 Å². The van der Waals surface area contributed by atoms with E-state index in [0.717, 1.165) is 19.0 Å². The predicted molar refractivity (Wildman–Crippen MR) is 69.1 cm³/mol. The van der Waals surface area contributed by atoms with E-state index in [2.05, 4.69) is 11.9 Å². The van der Waals surface area contributed by atoms with E-state index in [1.54, 1.807) is 6.07 Å². The fraction of sp³-hybridized carbons (Fsp3) is 0.429. The summed E-state index contributed by atoms with van der Waals surface area (Å²) >= 11 is 0. The van der Waals surface area contributed by atoms with Crippen molar-refractivity contribution in [3.05, 3.63) is 42.0 Å². The highest BCUT2D eigenvalue weighted by atomic mass is 19.4. The Kier molecular flexibility index (Phi) is 5.89. The number of ether oxygens (including phenoxy) is 1. The summed E-state index contributed by atoms with van der Waals surface area (Å²) < 4.78 is 43.8. The molecular formula is C14H18F3NO. The number of rotatable bonds is 7. The van der Waals surface area contributed by atoms with Gasteiger partial charge in [-0.05, 0) is 30.7 Å². The van der Waals surface area contributed by atoms with Gasteiger partial charge in [-0.15, -0.1) is 0 Å². The fourth-order valence-corrected chi connectivity index (χ4v) is 1.59. The van der Waals surface area contributed by atoms with E-state index < -0.39 is 11.7 Å². The molecule has 0 fully saturated rings. The number of benzene rings is 1. The van der Waals surface area contributed by atoms with Gasteiger partial charge in [-0.1, -0.05) is 25.6 Å². The lowest BCUT2D eigenvalue weighted by molar-refractivity contribution is -0.138. The van der Waals surface area contributed by atoms with Gasteiger partial charge in [0.25, 0.3) is 0 Å². The second-order valence-corrected chi connectivity index (χ2v) is 4.10. The predicted octanol–water partition coefficient (Wildman–Crippen LogP) is 3.77. The van der Waals surface area contributed by atoms with Crippen LogP contribution in [0.5, 0.6) is 5.75 Å². The number of alkyl halides is 3. The summed E-state index contributed by atoms with van der Waals surface area (Å²) in [7, 11) is 0.